The van der Waals surface area contributed by atoms with Gasteiger partial charge in [0.05, 0.1) is 13.2 Å². The highest BCUT2D eigenvalue weighted by atomic mass is 79.9. The van der Waals surface area contributed by atoms with Crippen LogP contribution in [-0.4, -0.2) is 36.0 Å². The molecule has 0 N–H and O–H groups in total. The summed E-state index contributed by atoms with van der Waals surface area (Å²) in [5, 5.41) is 0.788. The number of nitrogens with zero attached hydrogens (tertiary/aromatic N) is 1. The minimum absolute atomic E-state index is 0.244. The molecule has 1 aliphatic rings. The van der Waals surface area contributed by atoms with E-state index in [1.165, 1.54) is 12.1 Å². The van der Waals surface area contributed by atoms with Crippen LogP contribution in [0.1, 0.15) is 5.56 Å². The fourth-order valence-electron chi connectivity index (χ4n) is 1.91. The van der Waals surface area contributed by atoms with E-state index in [1.54, 1.807) is 0 Å². The molecule has 1 fully saturated rings. The van der Waals surface area contributed by atoms with E-state index in [9.17, 15) is 8.78 Å². The summed E-state index contributed by atoms with van der Waals surface area (Å²) in [6, 6.07) is 3.97. The Bertz CT molecular complexity index is 389. The fourth-order valence-corrected chi connectivity index (χ4v) is 2.50. The summed E-state index contributed by atoms with van der Waals surface area (Å²) in [4.78, 5) is 2.15. The van der Waals surface area contributed by atoms with Gasteiger partial charge >= 0.3 is 0 Å². The first-order valence-electron chi connectivity index (χ1n) is 5.52. The van der Waals surface area contributed by atoms with Crippen LogP contribution in [0, 0.1) is 11.6 Å². The van der Waals surface area contributed by atoms with Crippen molar-refractivity contribution in [2.75, 3.05) is 25.1 Å². The third-order valence-corrected chi connectivity index (χ3v) is 3.66. The highest BCUT2D eigenvalue weighted by Crippen LogP contribution is 2.17. The predicted octanol–water partition coefficient (Wildman–Crippen LogP) is 2.56. The van der Waals surface area contributed by atoms with Gasteiger partial charge in [0.2, 0.25) is 0 Å². The van der Waals surface area contributed by atoms with Crippen LogP contribution in [0.5, 0.6) is 0 Å². The van der Waals surface area contributed by atoms with Gasteiger partial charge < -0.3 is 4.74 Å². The largest absolute Gasteiger partial charge is 0.378 e. The molecule has 0 spiro atoms. The number of rotatable bonds is 3. The van der Waals surface area contributed by atoms with Gasteiger partial charge in [0.15, 0.2) is 0 Å². The van der Waals surface area contributed by atoms with Gasteiger partial charge in [0.1, 0.15) is 11.6 Å². The molecule has 2 rings (SSSR count). The van der Waals surface area contributed by atoms with Crippen LogP contribution in [0.3, 0.4) is 0 Å². The molecule has 1 aromatic rings. The van der Waals surface area contributed by atoms with E-state index in [4.69, 9.17) is 4.74 Å². The molecule has 0 aliphatic carbocycles. The van der Waals surface area contributed by atoms with Crippen molar-refractivity contribution in [1.29, 1.82) is 0 Å². The van der Waals surface area contributed by atoms with Gasteiger partial charge in [0, 0.05) is 36.1 Å². The van der Waals surface area contributed by atoms with Crippen molar-refractivity contribution in [2.45, 2.75) is 12.6 Å². The third kappa shape index (κ3) is 3.24. The van der Waals surface area contributed by atoms with Gasteiger partial charge in [-0.15, -0.1) is 0 Å². The van der Waals surface area contributed by atoms with Crippen molar-refractivity contribution in [2.24, 2.45) is 0 Å². The number of benzene rings is 1. The van der Waals surface area contributed by atoms with Gasteiger partial charge in [-0.1, -0.05) is 22.0 Å². The van der Waals surface area contributed by atoms with Crippen molar-refractivity contribution >= 4 is 15.9 Å². The maximum absolute atomic E-state index is 13.5. The van der Waals surface area contributed by atoms with Crippen LogP contribution in [0.25, 0.3) is 0 Å². The van der Waals surface area contributed by atoms with Crippen LogP contribution in [0.2, 0.25) is 0 Å². The molecule has 1 aliphatic heterocycles. The zero-order valence-corrected chi connectivity index (χ0v) is 10.9. The van der Waals surface area contributed by atoms with Crippen molar-refractivity contribution in [3.63, 3.8) is 0 Å². The molecule has 1 unspecified atom stereocenters. The van der Waals surface area contributed by atoms with Crippen LogP contribution >= 0.6 is 15.9 Å². The quantitative estimate of drug-likeness (QED) is 0.796. The van der Waals surface area contributed by atoms with E-state index in [2.05, 4.69) is 20.8 Å². The van der Waals surface area contributed by atoms with Gasteiger partial charge in [-0.05, 0) is 6.07 Å². The van der Waals surface area contributed by atoms with Crippen molar-refractivity contribution in [3.05, 3.63) is 35.4 Å². The SMILES string of the molecule is Fc1ccc(CN2CCOCC2CBr)c(F)c1. The molecule has 0 radical (unpaired) electrons. The number of ether oxygens (including phenoxy) is 1. The number of hydrogen-bond acceptors (Lipinski definition) is 2. The summed E-state index contributed by atoms with van der Waals surface area (Å²) in [5.41, 5.74) is 0.527. The van der Waals surface area contributed by atoms with Crippen molar-refractivity contribution in [1.82, 2.24) is 4.90 Å². The van der Waals surface area contributed by atoms with E-state index in [0.29, 0.717) is 25.3 Å². The predicted molar refractivity (Wildman–Crippen MR) is 65.2 cm³/mol. The average molecular weight is 306 g/mol. The number of halogens is 3. The standard InChI is InChI=1S/C12H14BrF2NO/c13-6-11-8-17-4-3-16(11)7-9-1-2-10(14)5-12(9)15/h1-2,5,11H,3-4,6-8H2. The van der Waals surface area contributed by atoms with Gasteiger partial charge in [0.25, 0.3) is 0 Å². The molecule has 1 aromatic carbocycles. The lowest BCUT2D eigenvalue weighted by atomic mass is 10.1. The van der Waals surface area contributed by atoms with E-state index in [-0.39, 0.29) is 6.04 Å². The van der Waals surface area contributed by atoms with Crippen LogP contribution in [0.15, 0.2) is 18.2 Å². The first-order chi connectivity index (χ1) is 8.20. The summed E-state index contributed by atoms with van der Waals surface area (Å²) >= 11 is 3.42. The summed E-state index contributed by atoms with van der Waals surface area (Å²) in [7, 11) is 0. The molecular weight excluding hydrogens is 292 g/mol. The van der Waals surface area contributed by atoms with Crippen molar-refractivity contribution < 1.29 is 13.5 Å². The Kier molecular flexibility index (Phi) is 4.48. The number of hydrogen-bond donors (Lipinski definition) is 0. The molecule has 0 saturated carbocycles. The molecule has 1 heterocycles. The normalized spacial score (nSPS) is 21.7. The Labute approximate surface area is 108 Å². The molecule has 2 nitrogen and oxygen atoms in total. The molecular formula is C12H14BrF2NO. The first kappa shape index (κ1) is 12.9. The number of morpholine rings is 1. The second-order valence-electron chi connectivity index (χ2n) is 4.09. The minimum Gasteiger partial charge on any atom is -0.378 e. The molecule has 1 atom stereocenters. The Hall–Kier alpha value is -0.520. The minimum atomic E-state index is -0.537. The average Bonchev–Trinajstić information content (AvgIpc) is 2.33. The van der Waals surface area contributed by atoms with Gasteiger partial charge in [-0.25, -0.2) is 8.78 Å². The molecule has 0 aromatic heterocycles. The number of alkyl halides is 1. The fraction of sp³-hybridized carbons (Fsp3) is 0.500. The lowest BCUT2D eigenvalue weighted by Gasteiger charge is -2.34. The van der Waals surface area contributed by atoms with Crippen molar-refractivity contribution in [3.8, 4) is 0 Å². The molecule has 1 saturated heterocycles. The Morgan fingerprint density at radius 2 is 2.24 bits per heavy atom. The summed E-state index contributed by atoms with van der Waals surface area (Å²) in [6.45, 7) is 2.57. The van der Waals surface area contributed by atoms with Crippen LogP contribution < -0.4 is 0 Å². The molecule has 0 bridgehead atoms. The zero-order valence-electron chi connectivity index (χ0n) is 9.33. The maximum Gasteiger partial charge on any atom is 0.130 e. The molecule has 0 amide bonds. The molecule has 94 valence electrons. The lowest BCUT2D eigenvalue weighted by Crippen LogP contribution is -2.45. The Morgan fingerprint density at radius 1 is 1.41 bits per heavy atom. The zero-order chi connectivity index (χ0) is 12.3. The summed E-state index contributed by atoms with van der Waals surface area (Å²) < 4.78 is 31.7. The molecule has 17 heavy (non-hydrogen) atoms. The Morgan fingerprint density at radius 3 is 2.94 bits per heavy atom. The van der Waals surface area contributed by atoms with E-state index in [0.717, 1.165) is 17.9 Å². The van der Waals surface area contributed by atoms with E-state index >= 15 is 0 Å². The lowest BCUT2D eigenvalue weighted by molar-refractivity contribution is -0.00257. The second-order valence-corrected chi connectivity index (χ2v) is 4.74. The topological polar surface area (TPSA) is 12.5 Å². The highest BCUT2D eigenvalue weighted by molar-refractivity contribution is 9.09. The molecule has 5 heteroatoms. The Balaban J connectivity index is 2.08. The summed E-state index contributed by atoms with van der Waals surface area (Å²) in [5.74, 6) is -1.02. The van der Waals surface area contributed by atoms with E-state index in [1.807, 2.05) is 0 Å². The van der Waals surface area contributed by atoms with E-state index < -0.39 is 11.6 Å². The highest BCUT2D eigenvalue weighted by Gasteiger charge is 2.22. The monoisotopic (exact) mass is 305 g/mol. The third-order valence-electron chi connectivity index (χ3n) is 2.92. The van der Waals surface area contributed by atoms with Crippen LogP contribution in [-0.2, 0) is 11.3 Å². The maximum atomic E-state index is 13.5. The summed E-state index contributed by atoms with van der Waals surface area (Å²) in [6.07, 6.45) is 0. The smallest absolute Gasteiger partial charge is 0.130 e. The first-order valence-corrected chi connectivity index (χ1v) is 6.64. The van der Waals surface area contributed by atoms with Crippen LogP contribution in [0.4, 0.5) is 8.78 Å². The second kappa shape index (κ2) is 5.89. The van der Waals surface area contributed by atoms with Gasteiger partial charge in [-0.3, -0.25) is 4.90 Å². The van der Waals surface area contributed by atoms with Gasteiger partial charge in [-0.2, -0.15) is 0 Å².